The number of nitrogens with one attached hydrogen (secondary N) is 1. The van der Waals surface area contributed by atoms with Crippen molar-refractivity contribution < 1.29 is 13.6 Å². The van der Waals surface area contributed by atoms with Crippen molar-refractivity contribution >= 4 is 5.91 Å². The molecule has 4 nitrogen and oxygen atoms in total. The van der Waals surface area contributed by atoms with Crippen LogP contribution >= 0.6 is 0 Å². The quantitative estimate of drug-likeness (QED) is 0.787. The Labute approximate surface area is 116 Å². The van der Waals surface area contributed by atoms with Gasteiger partial charge in [0.05, 0.1) is 24.4 Å². The maximum absolute atomic E-state index is 11.7. The SMILES string of the molecule is O=C(NCc1ccc(-c2ccoc2)cc1)c1ccoc1. The van der Waals surface area contributed by atoms with Gasteiger partial charge < -0.3 is 14.2 Å². The first kappa shape index (κ1) is 12.3. The van der Waals surface area contributed by atoms with Gasteiger partial charge in [-0.25, -0.2) is 0 Å². The van der Waals surface area contributed by atoms with Crippen molar-refractivity contribution in [1.82, 2.24) is 5.32 Å². The summed E-state index contributed by atoms with van der Waals surface area (Å²) in [6.45, 7) is 0.482. The predicted molar refractivity (Wildman–Crippen MR) is 74.0 cm³/mol. The second-order valence-corrected chi connectivity index (χ2v) is 4.40. The van der Waals surface area contributed by atoms with Crippen molar-refractivity contribution in [1.29, 1.82) is 0 Å². The number of benzene rings is 1. The first-order valence-electron chi connectivity index (χ1n) is 6.25. The number of amides is 1. The van der Waals surface area contributed by atoms with Gasteiger partial charge in [-0.2, -0.15) is 0 Å². The zero-order valence-corrected chi connectivity index (χ0v) is 10.7. The first-order valence-corrected chi connectivity index (χ1v) is 6.25. The van der Waals surface area contributed by atoms with Gasteiger partial charge in [0.25, 0.3) is 5.91 Å². The van der Waals surface area contributed by atoms with Crippen molar-refractivity contribution in [3.8, 4) is 11.1 Å². The van der Waals surface area contributed by atoms with Gasteiger partial charge in [-0.1, -0.05) is 24.3 Å². The third-order valence-corrected chi connectivity index (χ3v) is 3.04. The molecule has 3 aromatic rings. The van der Waals surface area contributed by atoms with E-state index < -0.39 is 0 Å². The highest BCUT2D eigenvalue weighted by atomic mass is 16.3. The fraction of sp³-hybridized carbons (Fsp3) is 0.0625. The fourth-order valence-electron chi connectivity index (χ4n) is 1.92. The van der Waals surface area contributed by atoms with Gasteiger partial charge in [0.2, 0.25) is 0 Å². The number of carbonyl (C=O) groups is 1. The molecular formula is C16H13NO3. The Morgan fingerprint density at radius 1 is 0.900 bits per heavy atom. The summed E-state index contributed by atoms with van der Waals surface area (Å²) in [5, 5.41) is 2.84. The largest absolute Gasteiger partial charge is 0.472 e. The zero-order chi connectivity index (χ0) is 13.8. The van der Waals surface area contributed by atoms with E-state index in [9.17, 15) is 4.79 Å². The zero-order valence-electron chi connectivity index (χ0n) is 10.7. The fourth-order valence-corrected chi connectivity index (χ4v) is 1.92. The van der Waals surface area contributed by atoms with E-state index in [-0.39, 0.29) is 5.91 Å². The summed E-state index contributed by atoms with van der Waals surface area (Å²) < 4.78 is 9.93. The Kier molecular flexibility index (Phi) is 3.37. The monoisotopic (exact) mass is 267 g/mol. The van der Waals surface area contributed by atoms with Crippen LogP contribution in [-0.4, -0.2) is 5.91 Å². The molecule has 3 rings (SSSR count). The molecule has 1 aromatic carbocycles. The lowest BCUT2D eigenvalue weighted by atomic mass is 10.1. The van der Waals surface area contributed by atoms with E-state index in [1.807, 2.05) is 30.3 Å². The lowest BCUT2D eigenvalue weighted by molar-refractivity contribution is 0.0950. The summed E-state index contributed by atoms with van der Waals surface area (Å²) in [7, 11) is 0. The molecule has 1 N–H and O–H groups in total. The van der Waals surface area contributed by atoms with E-state index >= 15 is 0 Å². The van der Waals surface area contributed by atoms with Crippen molar-refractivity contribution in [2.75, 3.05) is 0 Å². The molecule has 4 heteroatoms. The average Bonchev–Trinajstić information content (AvgIpc) is 3.18. The van der Waals surface area contributed by atoms with Crippen LogP contribution in [0, 0.1) is 0 Å². The minimum Gasteiger partial charge on any atom is -0.472 e. The van der Waals surface area contributed by atoms with Crippen LogP contribution in [0.15, 0.2) is 70.3 Å². The van der Waals surface area contributed by atoms with Crippen molar-refractivity contribution in [3.05, 3.63) is 72.6 Å². The molecule has 0 saturated heterocycles. The molecule has 1 amide bonds. The Morgan fingerprint density at radius 3 is 2.30 bits per heavy atom. The third kappa shape index (κ3) is 2.64. The molecule has 2 heterocycles. The van der Waals surface area contributed by atoms with E-state index in [1.165, 1.54) is 12.5 Å². The number of hydrogen-bond donors (Lipinski definition) is 1. The number of carbonyl (C=O) groups excluding carboxylic acids is 1. The van der Waals surface area contributed by atoms with Gasteiger partial charge in [0.1, 0.15) is 6.26 Å². The lowest BCUT2D eigenvalue weighted by Crippen LogP contribution is -2.22. The summed E-state index contributed by atoms with van der Waals surface area (Å²) >= 11 is 0. The standard InChI is InChI=1S/C16H13NO3/c18-16(15-6-8-20-11-15)17-9-12-1-3-13(4-2-12)14-5-7-19-10-14/h1-8,10-11H,9H2,(H,17,18). The normalized spacial score (nSPS) is 10.4. The molecule has 0 fully saturated rings. The van der Waals surface area contributed by atoms with E-state index in [4.69, 9.17) is 8.83 Å². The molecule has 0 atom stereocenters. The Hall–Kier alpha value is -2.75. The molecule has 0 unspecified atom stereocenters. The Balaban J connectivity index is 1.63. The maximum Gasteiger partial charge on any atom is 0.254 e. The van der Waals surface area contributed by atoms with Crippen molar-refractivity contribution in [3.63, 3.8) is 0 Å². The van der Waals surface area contributed by atoms with Gasteiger partial charge in [-0.3, -0.25) is 4.79 Å². The summed E-state index contributed by atoms with van der Waals surface area (Å²) in [6.07, 6.45) is 6.26. The number of hydrogen-bond acceptors (Lipinski definition) is 3. The van der Waals surface area contributed by atoms with Crippen LogP contribution < -0.4 is 5.32 Å². The Morgan fingerprint density at radius 2 is 1.65 bits per heavy atom. The molecule has 0 aliphatic carbocycles. The van der Waals surface area contributed by atoms with Crippen LogP contribution in [0.4, 0.5) is 0 Å². The molecule has 0 spiro atoms. The average molecular weight is 267 g/mol. The summed E-state index contributed by atoms with van der Waals surface area (Å²) in [4.78, 5) is 11.7. The van der Waals surface area contributed by atoms with Crippen molar-refractivity contribution in [2.24, 2.45) is 0 Å². The van der Waals surface area contributed by atoms with Gasteiger partial charge >= 0.3 is 0 Å². The van der Waals surface area contributed by atoms with E-state index in [0.717, 1.165) is 16.7 Å². The van der Waals surface area contributed by atoms with Gasteiger partial charge in [-0.05, 0) is 23.3 Å². The molecular weight excluding hydrogens is 254 g/mol. The molecule has 0 saturated carbocycles. The van der Waals surface area contributed by atoms with Crippen molar-refractivity contribution in [2.45, 2.75) is 6.54 Å². The molecule has 100 valence electrons. The molecule has 0 bridgehead atoms. The molecule has 2 aromatic heterocycles. The molecule has 0 radical (unpaired) electrons. The Bertz CT molecular complexity index is 667. The number of rotatable bonds is 4. The van der Waals surface area contributed by atoms with E-state index in [2.05, 4.69) is 5.32 Å². The minimum absolute atomic E-state index is 0.141. The van der Waals surface area contributed by atoms with Crippen LogP contribution in [0.25, 0.3) is 11.1 Å². The van der Waals surface area contributed by atoms with E-state index in [0.29, 0.717) is 12.1 Å². The highest BCUT2D eigenvalue weighted by molar-refractivity contribution is 5.93. The smallest absolute Gasteiger partial charge is 0.254 e. The van der Waals surface area contributed by atoms with Gasteiger partial charge in [0, 0.05) is 12.1 Å². The second-order valence-electron chi connectivity index (χ2n) is 4.40. The van der Waals surface area contributed by atoms with Crippen LogP contribution in [0.1, 0.15) is 15.9 Å². The van der Waals surface area contributed by atoms with Crippen LogP contribution in [0.3, 0.4) is 0 Å². The predicted octanol–water partition coefficient (Wildman–Crippen LogP) is 3.47. The highest BCUT2D eigenvalue weighted by Crippen LogP contribution is 2.19. The third-order valence-electron chi connectivity index (χ3n) is 3.04. The van der Waals surface area contributed by atoms with Crippen LogP contribution in [0.2, 0.25) is 0 Å². The van der Waals surface area contributed by atoms with Crippen LogP contribution in [-0.2, 0) is 6.54 Å². The van der Waals surface area contributed by atoms with Crippen LogP contribution in [0.5, 0.6) is 0 Å². The molecule has 0 aliphatic heterocycles. The maximum atomic E-state index is 11.7. The highest BCUT2D eigenvalue weighted by Gasteiger charge is 2.06. The minimum atomic E-state index is -0.141. The lowest BCUT2D eigenvalue weighted by Gasteiger charge is -2.05. The first-order chi connectivity index (χ1) is 9.83. The van der Waals surface area contributed by atoms with Gasteiger partial charge in [0.15, 0.2) is 0 Å². The number of furan rings is 2. The molecule has 20 heavy (non-hydrogen) atoms. The van der Waals surface area contributed by atoms with E-state index in [1.54, 1.807) is 18.6 Å². The summed E-state index contributed by atoms with van der Waals surface area (Å²) in [6, 6.07) is 11.5. The van der Waals surface area contributed by atoms with Gasteiger partial charge in [-0.15, -0.1) is 0 Å². The topological polar surface area (TPSA) is 55.4 Å². The summed E-state index contributed by atoms with van der Waals surface area (Å²) in [5.41, 5.74) is 3.69. The second kappa shape index (κ2) is 5.48. The summed E-state index contributed by atoms with van der Waals surface area (Å²) in [5.74, 6) is -0.141. The molecule has 0 aliphatic rings.